The van der Waals surface area contributed by atoms with E-state index >= 15 is 0 Å². The average molecular weight is 342 g/mol. The Morgan fingerprint density at radius 2 is 1.96 bits per heavy atom. The van der Waals surface area contributed by atoms with E-state index in [-0.39, 0.29) is 19.2 Å². The molecule has 0 aliphatic carbocycles. The van der Waals surface area contributed by atoms with Gasteiger partial charge in [-0.25, -0.2) is 8.42 Å². The summed E-state index contributed by atoms with van der Waals surface area (Å²) in [7, 11) is -3.62. The van der Waals surface area contributed by atoms with Gasteiger partial charge in [-0.1, -0.05) is 6.92 Å². The molecule has 0 spiro atoms. The van der Waals surface area contributed by atoms with Crippen molar-refractivity contribution < 1.29 is 22.7 Å². The maximum absolute atomic E-state index is 12.2. The van der Waals surface area contributed by atoms with E-state index in [4.69, 9.17) is 9.47 Å². The average Bonchev–Trinajstić information content (AvgIpc) is 2.90. The molecule has 0 bridgehead atoms. The fourth-order valence-corrected chi connectivity index (χ4v) is 2.92. The minimum atomic E-state index is -3.62. The summed E-state index contributed by atoms with van der Waals surface area (Å²) < 4.78 is 35.7. The third-order valence-corrected chi connectivity index (χ3v) is 4.83. The van der Waals surface area contributed by atoms with E-state index in [0.29, 0.717) is 17.2 Å². The van der Waals surface area contributed by atoms with Crippen LogP contribution in [0, 0.1) is 0 Å². The van der Waals surface area contributed by atoms with E-state index < -0.39 is 15.6 Å². The second kappa shape index (κ2) is 6.27. The second-order valence-electron chi connectivity index (χ2n) is 6.09. The Balaban J connectivity index is 2.23. The summed E-state index contributed by atoms with van der Waals surface area (Å²) in [6.45, 7) is 5.53. The molecule has 1 aromatic carbocycles. The van der Waals surface area contributed by atoms with Crippen molar-refractivity contribution in [3.8, 4) is 11.5 Å². The van der Waals surface area contributed by atoms with E-state index in [1.165, 1.54) is 0 Å². The summed E-state index contributed by atoms with van der Waals surface area (Å²) in [5.41, 5.74) is -0.0315. The number of anilines is 1. The molecule has 128 valence electrons. The molecule has 1 aliphatic rings. The summed E-state index contributed by atoms with van der Waals surface area (Å²) in [5, 5.41) is 2.83. The molecule has 0 radical (unpaired) electrons. The van der Waals surface area contributed by atoms with Crippen LogP contribution in [0.15, 0.2) is 18.2 Å². The van der Waals surface area contributed by atoms with Gasteiger partial charge in [0, 0.05) is 11.6 Å². The van der Waals surface area contributed by atoms with Crippen LogP contribution < -0.4 is 19.1 Å². The smallest absolute Gasteiger partial charge is 0.241 e. The number of fused-ring (bicyclic) bond motifs is 1. The van der Waals surface area contributed by atoms with Gasteiger partial charge in [0.2, 0.25) is 22.7 Å². The molecule has 1 aromatic rings. The van der Waals surface area contributed by atoms with Gasteiger partial charge in [0.15, 0.2) is 11.5 Å². The van der Waals surface area contributed by atoms with Crippen molar-refractivity contribution in [1.29, 1.82) is 0 Å². The lowest BCUT2D eigenvalue weighted by molar-refractivity contribution is -0.121. The van der Waals surface area contributed by atoms with E-state index in [0.717, 1.165) is 17.0 Å². The van der Waals surface area contributed by atoms with E-state index in [2.05, 4.69) is 5.32 Å². The van der Waals surface area contributed by atoms with Crippen LogP contribution in [0.25, 0.3) is 0 Å². The largest absolute Gasteiger partial charge is 0.454 e. The van der Waals surface area contributed by atoms with Gasteiger partial charge < -0.3 is 14.8 Å². The predicted octanol–water partition coefficient (Wildman–Crippen LogP) is 1.49. The molecule has 0 saturated heterocycles. The van der Waals surface area contributed by atoms with Gasteiger partial charge in [0.1, 0.15) is 6.54 Å². The van der Waals surface area contributed by atoms with Crippen LogP contribution in [0.2, 0.25) is 0 Å². The highest BCUT2D eigenvalue weighted by Crippen LogP contribution is 2.36. The molecule has 0 saturated carbocycles. The molecule has 2 rings (SSSR count). The molecule has 1 N–H and O–H groups in total. The standard InChI is InChI=1S/C15H22N2O5S/c1-5-15(2,3)16-14(18)9-17(23(4,19)20)11-6-7-12-13(8-11)22-10-21-12/h6-8H,5,9-10H2,1-4H3,(H,16,18). The van der Waals surface area contributed by atoms with Gasteiger partial charge in [-0.05, 0) is 32.4 Å². The molecule has 8 heteroatoms. The van der Waals surface area contributed by atoms with E-state index in [1.54, 1.807) is 18.2 Å². The van der Waals surface area contributed by atoms with Crippen molar-refractivity contribution in [2.24, 2.45) is 0 Å². The molecule has 0 fully saturated rings. The van der Waals surface area contributed by atoms with Crippen LogP contribution in [0.3, 0.4) is 0 Å². The summed E-state index contributed by atoms with van der Waals surface area (Å²) in [4.78, 5) is 12.2. The van der Waals surface area contributed by atoms with Crippen molar-refractivity contribution in [2.75, 3.05) is 23.9 Å². The Bertz CT molecular complexity index is 700. The Morgan fingerprint density at radius 3 is 2.57 bits per heavy atom. The summed E-state index contributed by atoms with van der Waals surface area (Å²) in [6.07, 6.45) is 1.80. The Hall–Kier alpha value is -1.96. The summed E-state index contributed by atoms with van der Waals surface area (Å²) in [6, 6.07) is 4.78. The zero-order valence-corrected chi connectivity index (χ0v) is 14.6. The molecule has 1 heterocycles. The van der Waals surface area contributed by atoms with E-state index in [9.17, 15) is 13.2 Å². The van der Waals surface area contributed by atoms with Crippen molar-refractivity contribution in [3.63, 3.8) is 0 Å². The second-order valence-corrected chi connectivity index (χ2v) is 8.00. The third-order valence-electron chi connectivity index (χ3n) is 3.69. The van der Waals surface area contributed by atoms with Gasteiger partial charge in [-0.3, -0.25) is 9.10 Å². The first-order valence-corrected chi connectivity index (χ1v) is 9.15. The number of hydrogen-bond acceptors (Lipinski definition) is 5. The monoisotopic (exact) mass is 342 g/mol. The third kappa shape index (κ3) is 4.28. The summed E-state index contributed by atoms with van der Waals surface area (Å²) >= 11 is 0. The molecule has 7 nitrogen and oxygen atoms in total. The topological polar surface area (TPSA) is 84.9 Å². The number of nitrogens with zero attached hydrogens (tertiary/aromatic N) is 1. The quantitative estimate of drug-likeness (QED) is 0.846. The molecule has 0 atom stereocenters. The Kier molecular flexibility index (Phi) is 4.74. The molecule has 23 heavy (non-hydrogen) atoms. The molecular weight excluding hydrogens is 320 g/mol. The molecule has 1 amide bonds. The molecular formula is C15H22N2O5S. The van der Waals surface area contributed by atoms with Gasteiger partial charge in [0.05, 0.1) is 11.9 Å². The minimum absolute atomic E-state index is 0.100. The van der Waals surface area contributed by atoms with Crippen molar-refractivity contribution >= 4 is 21.6 Å². The van der Waals surface area contributed by atoms with Gasteiger partial charge >= 0.3 is 0 Å². The highest BCUT2D eigenvalue weighted by molar-refractivity contribution is 7.92. The Morgan fingerprint density at radius 1 is 1.30 bits per heavy atom. The molecule has 0 aromatic heterocycles. The number of hydrogen-bond donors (Lipinski definition) is 1. The fraction of sp³-hybridized carbons (Fsp3) is 0.533. The zero-order valence-electron chi connectivity index (χ0n) is 13.8. The lowest BCUT2D eigenvalue weighted by atomic mass is 10.0. The first kappa shape index (κ1) is 17.4. The lowest BCUT2D eigenvalue weighted by Crippen LogP contribution is -2.48. The number of sulfonamides is 1. The fourth-order valence-electron chi connectivity index (χ4n) is 2.08. The van der Waals surface area contributed by atoms with Crippen LogP contribution in [0.1, 0.15) is 27.2 Å². The minimum Gasteiger partial charge on any atom is -0.454 e. The molecule has 1 aliphatic heterocycles. The van der Waals surface area contributed by atoms with Crippen molar-refractivity contribution in [1.82, 2.24) is 5.32 Å². The van der Waals surface area contributed by atoms with Crippen LogP contribution in [-0.2, 0) is 14.8 Å². The van der Waals surface area contributed by atoms with E-state index in [1.807, 2.05) is 20.8 Å². The predicted molar refractivity (Wildman–Crippen MR) is 87.3 cm³/mol. The van der Waals surface area contributed by atoms with Gasteiger partial charge in [0.25, 0.3) is 0 Å². The highest BCUT2D eigenvalue weighted by Gasteiger charge is 2.26. The Labute approximate surface area is 136 Å². The maximum atomic E-state index is 12.2. The lowest BCUT2D eigenvalue weighted by Gasteiger charge is -2.27. The van der Waals surface area contributed by atoms with Crippen LogP contribution in [0.4, 0.5) is 5.69 Å². The first-order valence-electron chi connectivity index (χ1n) is 7.31. The van der Waals surface area contributed by atoms with Crippen molar-refractivity contribution in [2.45, 2.75) is 32.7 Å². The summed E-state index contributed by atoms with van der Waals surface area (Å²) in [5.74, 6) is 0.657. The van der Waals surface area contributed by atoms with Gasteiger partial charge in [-0.15, -0.1) is 0 Å². The number of rotatable bonds is 6. The number of ether oxygens (including phenoxy) is 2. The number of nitrogens with one attached hydrogen (secondary N) is 1. The van der Waals surface area contributed by atoms with Crippen molar-refractivity contribution in [3.05, 3.63) is 18.2 Å². The van der Waals surface area contributed by atoms with Crippen LogP contribution in [0.5, 0.6) is 11.5 Å². The first-order chi connectivity index (χ1) is 10.6. The normalized spacial score (nSPS) is 13.7. The van der Waals surface area contributed by atoms with Crippen LogP contribution in [-0.4, -0.2) is 39.5 Å². The zero-order chi connectivity index (χ0) is 17.3. The van der Waals surface area contributed by atoms with Crippen LogP contribution >= 0.6 is 0 Å². The maximum Gasteiger partial charge on any atom is 0.241 e. The number of amides is 1. The van der Waals surface area contributed by atoms with Gasteiger partial charge in [-0.2, -0.15) is 0 Å². The highest BCUT2D eigenvalue weighted by atomic mass is 32.2. The molecule has 0 unspecified atom stereocenters. The number of carbonyl (C=O) groups excluding carboxylic acids is 1. The number of carbonyl (C=O) groups is 1. The SMILES string of the molecule is CCC(C)(C)NC(=O)CN(c1ccc2c(c1)OCO2)S(C)(=O)=O. The number of benzene rings is 1.